The fourth-order valence-corrected chi connectivity index (χ4v) is 4.39. The molecule has 1 aromatic heterocycles. The van der Waals surface area contributed by atoms with E-state index in [4.69, 9.17) is 4.74 Å². The number of anilines is 1. The first-order valence-electron chi connectivity index (χ1n) is 9.40. The van der Waals surface area contributed by atoms with Crippen molar-refractivity contribution >= 4 is 5.69 Å². The summed E-state index contributed by atoms with van der Waals surface area (Å²) in [6, 6.07) is 6.93. The maximum absolute atomic E-state index is 13.7. The van der Waals surface area contributed by atoms with Crippen LogP contribution in [0.5, 0.6) is 0 Å². The summed E-state index contributed by atoms with van der Waals surface area (Å²) in [6.45, 7) is 6.25. The minimum atomic E-state index is -0.177. The third-order valence-corrected chi connectivity index (χ3v) is 5.52. The van der Waals surface area contributed by atoms with Gasteiger partial charge >= 0.3 is 0 Å². The first-order valence-corrected chi connectivity index (χ1v) is 9.40. The summed E-state index contributed by atoms with van der Waals surface area (Å²) >= 11 is 0. The lowest BCUT2D eigenvalue weighted by Gasteiger charge is -2.44. The highest BCUT2D eigenvalue weighted by Gasteiger charge is 2.39. The number of hydrogen-bond acceptors (Lipinski definition) is 4. The number of hydrogen-bond donors (Lipinski definition) is 0. The number of nitrogens with zero attached hydrogens (tertiary/aromatic N) is 4. The normalized spacial score (nSPS) is 24.8. The smallest absolute Gasteiger partial charge is 0.125 e. The molecule has 1 aromatic carbocycles. The number of benzene rings is 1. The Morgan fingerprint density at radius 2 is 2.19 bits per heavy atom. The molecule has 0 amide bonds. The van der Waals surface area contributed by atoms with Crippen LogP contribution in [-0.2, 0) is 18.3 Å². The number of likely N-dealkylation sites (tertiary alicyclic amines) is 1. The van der Waals surface area contributed by atoms with Gasteiger partial charge in [0.05, 0.1) is 19.4 Å². The average molecular weight is 358 g/mol. The van der Waals surface area contributed by atoms with Gasteiger partial charge in [-0.2, -0.15) is 5.10 Å². The number of aryl methyl sites for hydroxylation is 1. The molecule has 2 aliphatic heterocycles. The van der Waals surface area contributed by atoms with E-state index in [0.29, 0.717) is 6.61 Å². The third kappa shape index (κ3) is 3.91. The lowest BCUT2D eigenvalue weighted by molar-refractivity contribution is 0.0106. The molecule has 3 heterocycles. The molecular formula is C20H27FN4O. The fraction of sp³-hybridized carbons (Fsp3) is 0.550. The molecule has 2 fully saturated rings. The van der Waals surface area contributed by atoms with Crippen LogP contribution in [-0.4, -0.2) is 54.1 Å². The molecule has 1 atom stereocenters. The van der Waals surface area contributed by atoms with Crippen LogP contribution < -0.4 is 4.90 Å². The van der Waals surface area contributed by atoms with E-state index < -0.39 is 0 Å². The molecule has 26 heavy (non-hydrogen) atoms. The predicted molar refractivity (Wildman–Crippen MR) is 99.6 cm³/mol. The van der Waals surface area contributed by atoms with Gasteiger partial charge in [-0.05, 0) is 37.6 Å². The van der Waals surface area contributed by atoms with Gasteiger partial charge in [0, 0.05) is 56.1 Å². The van der Waals surface area contributed by atoms with Crippen LogP contribution in [0.1, 0.15) is 18.4 Å². The van der Waals surface area contributed by atoms with E-state index in [2.05, 4.69) is 21.1 Å². The Morgan fingerprint density at radius 3 is 3.00 bits per heavy atom. The van der Waals surface area contributed by atoms with Gasteiger partial charge in [0.2, 0.25) is 0 Å². The standard InChI is InChI=1S/C20H27FN4O/c1-23-12-17(11-22-23)13-24-7-3-6-20(14-24)15-25(8-9-26-16-20)19-5-2-4-18(21)10-19/h2,4-5,10-12H,3,6-9,13-16H2,1H3. The number of halogens is 1. The van der Waals surface area contributed by atoms with Crippen LogP contribution in [0.3, 0.4) is 0 Å². The first kappa shape index (κ1) is 17.5. The molecule has 2 saturated heterocycles. The van der Waals surface area contributed by atoms with Crippen molar-refractivity contribution in [2.24, 2.45) is 12.5 Å². The fourth-order valence-electron chi connectivity index (χ4n) is 4.39. The topological polar surface area (TPSA) is 33.5 Å². The molecule has 0 bridgehead atoms. The summed E-state index contributed by atoms with van der Waals surface area (Å²) in [4.78, 5) is 4.81. The van der Waals surface area contributed by atoms with Gasteiger partial charge in [0.25, 0.3) is 0 Å². The zero-order chi connectivity index (χ0) is 18.0. The van der Waals surface area contributed by atoms with Crippen LogP contribution in [0.2, 0.25) is 0 Å². The van der Waals surface area contributed by atoms with Crippen LogP contribution in [0.15, 0.2) is 36.7 Å². The van der Waals surface area contributed by atoms with Gasteiger partial charge in [-0.3, -0.25) is 9.58 Å². The molecule has 1 unspecified atom stereocenters. The van der Waals surface area contributed by atoms with Gasteiger partial charge in [0.15, 0.2) is 0 Å². The quantitative estimate of drug-likeness (QED) is 0.845. The first-order chi connectivity index (χ1) is 12.6. The Morgan fingerprint density at radius 1 is 1.27 bits per heavy atom. The summed E-state index contributed by atoms with van der Waals surface area (Å²) in [5.74, 6) is -0.177. The Balaban J connectivity index is 1.49. The minimum Gasteiger partial charge on any atom is -0.379 e. The predicted octanol–water partition coefficient (Wildman–Crippen LogP) is 2.68. The molecular weight excluding hydrogens is 331 g/mol. The van der Waals surface area contributed by atoms with Gasteiger partial charge in [-0.15, -0.1) is 0 Å². The monoisotopic (exact) mass is 358 g/mol. The Kier molecular flexibility index (Phi) is 4.96. The minimum absolute atomic E-state index is 0.100. The summed E-state index contributed by atoms with van der Waals surface area (Å²) in [7, 11) is 1.96. The van der Waals surface area contributed by atoms with Crippen molar-refractivity contribution in [2.75, 3.05) is 44.3 Å². The van der Waals surface area contributed by atoms with E-state index in [9.17, 15) is 4.39 Å². The van der Waals surface area contributed by atoms with E-state index in [1.54, 1.807) is 12.1 Å². The van der Waals surface area contributed by atoms with Crippen molar-refractivity contribution in [3.63, 3.8) is 0 Å². The Labute approximate surface area is 154 Å². The molecule has 1 spiro atoms. The van der Waals surface area contributed by atoms with Crippen molar-refractivity contribution in [1.82, 2.24) is 14.7 Å². The maximum atomic E-state index is 13.7. The molecule has 0 N–H and O–H groups in total. The molecule has 0 aliphatic carbocycles. The van der Waals surface area contributed by atoms with E-state index in [1.807, 2.05) is 24.0 Å². The summed E-state index contributed by atoms with van der Waals surface area (Å²) < 4.78 is 21.5. The SMILES string of the molecule is Cn1cc(CN2CCCC3(COCCN(c4cccc(F)c4)C3)C2)cn1. The second kappa shape index (κ2) is 7.37. The second-order valence-corrected chi connectivity index (χ2v) is 7.79. The Bertz CT molecular complexity index is 749. The van der Waals surface area contributed by atoms with Crippen LogP contribution in [0.25, 0.3) is 0 Å². The third-order valence-electron chi connectivity index (χ3n) is 5.52. The van der Waals surface area contributed by atoms with E-state index in [0.717, 1.165) is 51.4 Å². The van der Waals surface area contributed by atoms with E-state index in [1.165, 1.54) is 18.1 Å². The summed E-state index contributed by atoms with van der Waals surface area (Å²) in [5.41, 5.74) is 2.31. The average Bonchev–Trinajstić information content (AvgIpc) is 2.91. The molecule has 140 valence electrons. The van der Waals surface area contributed by atoms with E-state index >= 15 is 0 Å². The highest BCUT2D eigenvalue weighted by atomic mass is 19.1. The molecule has 2 aliphatic rings. The van der Waals surface area contributed by atoms with Gasteiger partial charge in [-0.25, -0.2) is 4.39 Å². The molecule has 4 rings (SSSR count). The van der Waals surface area contributed by atoms with Gasteiger partial charge in [-0.1, -0.05) is 6.07 Å². The Hall–Kier alpha value is -1.92. The lowest BCUT2D eigenvalue weighted by Crippen LogP contribution is -2.50. The van der Waals surface area contributed by atoms with Crippen molar-refractivity contribution in [3.8, 4) is 0 Å². The molecule has 0 radical (unpaired) electrons. The van der Waals surface area contributed by atoms with Crippen molar-refractivity contribution in [2.45, 2.75) is 19.4 Å². The van der Waals surface area contributed by atoms with Gasteiger partial charge in [0.1, 0.15) is 5.82 Å². The van der Waals surface area contributed by atoms with Gasteiger partial charge < -0.3 is 9.64 Å². The molecule has 6 heteroatoms. The summed E-state index contributed by atoms with van der Waals surface area (Å²) in [6.07, 6.45) is 6.36. The highest BCUT2D eigenvalue weighted by Crippen LogP contribution is 2.35. The number of aromatic nitrogens is 2. The summed E-state index contributed by atoms with van der Waals surface area (Å²) in [5, 5.41) is 4.28. The maximum Gasteiger partial charge on any atom is 0.125 e. The highest BCUT2D eigenvalue weighted by molar-refractivity contribution is 5.47. The second-order valence-electron chi connectivity index (χ2n) is 7.79. The van der Waals surface area contributed by atoms with Crippen LogP contribution in [0.4, 0.5) is 10.1 Å². The number of piperidine rings is 1. The zero-order valence-electron chi connectivity index (χ0n) is 15.4. The van der Waals surface area contributed by atoms with E-state index in [-0.39, 0.29) is 11.2 Å². The number of rotatable bonds is 3. The molecule has 5 nitrogen and oxygen atoms in total. The van der Waals surface area contributed by atoms with Crippen molar-refractivity contribution < 1.29 is 9.13 Å². The molecule has 2 aromatic rings. The molecule has 0 saturated carbocycles. The number of ether oxygens (including phenoxy) is 1. The van der Waals surface area contributed by atoms with Crippen molar-refractivity contribution in [1.29, 1.82) is 0 Å². The van der Waals surface area contributed by atoms with Crippen LogP contribution in [0, 0.1) is 11.2 Å². The van der Waals surface area contributed by atoms with Crippen LogP contribution >= 0.6 is 0 Å². The lowest BCUT2D eigenvalue weighted by atomic mass is 9.80. The largest absolute Gasteiger partial charge is 0.379 e. The zero-order valence-corrected chi connectivity index (χ0v) is 15.4. The van der Waals surface area contributed by atoms with Crippen molar-refractivity contribution in [3.05, 3.63) is 48.0 Å².